The number of halogens is 1. The minimum atomic E-state index is -4.18. The van der Waals surface area contributed by atoms with Crippen molar-refractivity contribution in [2.75, 3.05) is 12.4 Å². The lowest BCUT2D eigenvalue weighted by atomic mass is 9.99. The predicted octanol–water partition coefficient (Wildman–Crippen LogP) is 2.44. The van der Waals surface area contributed by atoms with Gasteiger partial charge in [0.25, 0.3) is 5.56 Å². The smallest absolute Gasteiger partial charge is 0.413 e. The van der Waals surface area contributed by atoms with Gasteiger partial charge in [-0.1, -0.05) is 18.2 Å². The van der Waals surface area contributed by atoms with E-state index in [1.54, 1.807) is 18.2 Å². The molecule has 13 heteroatoms. The summed E-state index contributed by atoms with van der Waals surface area (Å²) in [5.41, 5.74) is -1.34. The second-order valence-electron chi connectivity index (χ2n) is 7.61. The Kier molecular flexibility index (Phi) is 8.30. The molecule has 180 valence electrons. The average molecular weight is 501 g/mol. The maximum absolute atomic E-state index is 15.7. The van der Waals surface area contributed by atoms with Crippen LogP contribution in [-0.4, -0.2) is 40.1 Å². The van der Waals surface area contributed by atoms with Crippen LogP contribution in [0.25, 0.3) is 0 Å². The first kappa shape index (κ1) is 25.4. The van der Waals surface area contributed by atoms with Crippen LogP contribution in [0.4, 0.5) is 4.39 Å². The molecule has 5 atom stereocenters. The van der Waals surface area contributed by atoms with Crippen LogP contribution in [0.1, 0.15) is 26.0 Å². The lowest BCUT2D eigenvalue weighted by Gasteiger charge is -2.26. The highest BCUT2D eigenvalue weighted by molar-refractivity contribution is 7.80. The molecule has 4 unspecified atom stereocenters. The van der Waals surface area contributed by atoms with Gasteiger partial charge in [-0.2, -0.15) is 12.6 Å². The second kappa shape index (κ2) is 10.8. The Morgan fingerprint density at radius 3 is 2.76 bits per heavy atom. The monoisotopic (exact) mass is 501 g/mol. The van der Waals surface area contributed by atoms with Crippen LogP contribution >= 0.6 is 20.4 Å². The molecule has 0 radical (unpaired) electrons. The minimum absolute atomic E-state index is 0.182. The van der Waals surface area contributed by atoms with Gasteiger partial charge in [-0.15, -0.1) is 0 Å². The van der Waals surface area contributed by atoms with E-state index in [9.17, 15) is 18.9 Å². The number of aromatic amines is 1. The highest BCUT2D eigenvalue weighted by Gasteiger charge is 2.49. The average Bonchev–Trinajstić information content (AvgIpc) is 3.10. The van der Waals surface area contributed by atoms with Gasteiger partial charge in [0.2, 0.25) is 5.85 Å². The van der Waals surface area contributed by atoms with E-state index in [-0.39, 0.29) is 12.2 Å². The number of thiol groups is 1. The van der Waals surface area contributed by atoms with Gasteiger partial charge in [-0.25, -0.2) is 18.8 Å². The summed E-state index contributed by atoms with van der Waals surface area (Å²) in [5, 5.41) is 2.44. The van der Waals surface area contributed by atoms with E-state index >= 15 is 4.39 Å². The highest BCUT2D eigenvalue weighted by atomic mass is 32.1. The first-order valence-corrected chi connectivity index (χ1v) is 12.4. The Bertz CT molecular complexity index is 1110. The third-order valence-corrected chi connectivity index (χ3v) is 6.81. The zero-order valence-corrected chi connectivity index (χ0v) is 19.5. The SMILES string of the molecule is CC(C=O)NP(=O)(OC[C@]1(F)CC(CCS)C(n2ccc(=O)[nH]c2=O)O1)Oc1ccccc1. The summed E-state index contributed by atoms with van der Waals surface area (Å²) < 4.78 is 46.4. The lowest BCUT2D eigenvalue weighted by Crippen LogP contribution is -2.35. The number of aldehydes is 1. The molecule has 2 heterocycles. The number of rotatable bonds is 11. The van der Waals surface area contributed by atoms with Crippen LogP contribution < -0.4 is 20.9 Å². The van der Waals surface area contributed by atoms with E-state index in [0.717, 1.165) is 10.6 Å². The molecule has 0 bridgehead atoms. The predicted molar refractivity (Wildman–Crippen MR) is 121 cm³/mol. The normalized spacial score (nSPS) is 25.3. The third kappa shape index (κ3) is 6.64. The molecule has 0 amide bonds. The lowest BCUT2D eigenvalue weighted by molar-refractivity contribution is -0.175. The molecule has 0 saturated carbocycles. The van der Waals surface area contributed by atoms with Gasteiger partial charge in [-0.3, -0.25) is 18.9 Å². The van der Waals surface area contributed by atoms with Gasteiger partial charge in [0.1, 0.15) is 24.9 Å². The number of aromatic nitrogens is 2. The van der Waals surface area contributed by atoms with E-state index in [2.05, 4.69) is 22.7 Å². The number of nitrogens with zero attached hydrogens (tertiary/aromatic N) is 1. The van der Waals surface area contributed by atoms with Crippen molar-refractivity contribution in [1.29, 1.82) is 0 Å². The number of alkyl halides is 1. The van der Waals surface area contributed by atoms with Crippen molar-refractivity contribution in [3.8, 4) is 5.75 Å². The van der Waals surface area contributed by atoms with E-state index in [1.807, 2.05) is 0 Å². The molecule has 1 aromatic carbocycles. The van der Waals surface area contributed by atoms with Crippen molar-refractivity contribution in [2.45, 2.75) is 37.9 Å². The van der Waals surface area contributed by atoms with Crippen molar-refractivity contribution in [3.63, 3.8) is 0 Å². The van der Waals surface area contributed by atoms with Gasteiger partial charge in [0.15, 0.2) is 0 Å². The summed E-state index contributed by atoms with van der Waals surface area (Å²) in [6.45, 7) is 0.642. The Balaban J connectivity index is 1.80. The molecule has 1 aliphatic rings. The highest BCUT2D eigenvalue weighted by Crippen LogP contribution is 2.49. The summed E-state index contributed by atoms with van der Waals surface area (Å²) in [6.07, 6.45) is 0.914. The standard InChI is InChI=1S/C20H25FN3O7PS/c1-14(12-25)23-32(28,31-16-5-3-2-4-6-16)29-13-20(21)11-15(8-10-33)18(30-20)24-9-7-17(26)22-19(24)27/h2-7,9,12,14-15,18,33H,8,10-11,13H2,1H3,(H,23,28)(H,22,26,27)/t14?,15?,18?,20-,32?/m0/s1. The van der Waals surface area contributed by atoms with Crippen LogP contribution in [0.3, 0.4) is 0 Å². The summed E-state index contributed by atoms with van der Waals surface area (Å²) in [6, 6.07) is 8.31. The molecule has 2 N–H and O–H groups in total. The first-order valence-electron chi connectivity index (χ1n) is 10.2. The number of para-hydroxylation sites is 1. The molecular weight excluding hydrogens is 476 g/mol. The molecule has 1 aromatic heterocycles. The molecule has 1 aliphatic heterocycles. The van der Waals surface area contributed by atoms with E-state index in [4.69, 9.17) is 13.8 Å². The van der Waals surface area contributed by atoms with Crippen LogP contribution in [0, 0.1) is 5.92 Å². The number of hydrogen-bond acceptors (Lipinski definition) is 8. The fraction of sp³-hybridized carbons (Fsp3) is 0.450. The molecule has 0 aliphatic carbocycles. The van der Waals surface area contributed by atoms with Crippen molar-refractivity contribution in [2.24, 2.45) is 5.92 Å². The second-order valence-corrected chi connectivity index (χ2v) is 9.76. The number of nitrogens with one attached hydrogen (secondary N) is 2. The number of H-pyrrole nitrogens is 1. The van der Waals surface area contributed by atoms with Gasteiger partial charge in [-0.05, 0) is 31.2 Å². The summed E-state index contributed by atoms with van der Waals surface area (Å²) in [5.74, 6) is -2.31. The third-order valence-electron chi connectivity index (χ3n) is 4.91. The Hall–Kier alpha value is -2.24. The zero-order valence-electron chi connectivity index (χ0n) is 17.8. The number of hydrogen-bond donors (Lipinski definition) is 3. The summed E-state index contributed by atoms with van der Waals surface area (Å²) in [7, 11) is -4.18. The quantitative estimate of drug-likeness (QED) is 0.243. The van der Waals surface area contributed by atoms with Crippen LogP contribution in [0.2, 0.25) is 0 Å². The minimum Gasteiger partial charge on any atom is -0.413 e. The zero-order chi connectivity index (χ0) is 24.1. The fourth-order valence-corrected chi connectivity index (χ4v) is 5.27. The Morgan fingerprint density at radius 1 is 1.39 bits per heavy atom. The maximum Gasteiger partial charge on any atom is 0.459 e. The van der Waals surface area contributed by atoms with Gasteiger partial charge in [0, 0.05) is 24.6 Å². The van der Waals surface area contributed by atoms with Crippen molar-refractivity contribution >= 4 is 26.7 Å². The number of ether oxygens (including phenoxy) is 1. The van der Waals surface area contributed by atoms with Crippen LogP contribution in [0.5, 0.6) is 5.75 Å². The number of carbonyl (C=O) groups is 1. The van der Waals surface area contributed by atoms with E-state index in [1.165, 1.54) is 25.3 Å². The van der Waals surface area contributed by atoms with Gasteiger partial charge in [0.05, 0.1) is 6.04 Å². The van der Waals surface area contributed by atoms with E-state index < -0.39 is 49.6 Å². The van der Waals surface area contributed by atoms with Gasteiger partial charge >= 0.3 is 13.4 Å². The molecule has 10 nitrogen and oxygen atoms in total. The van der Waals surface area contributed by atoms with Gasteiger partial charge < -0.3 is 14.1 Å². The summed E-state index contributed by atoms with van der Waals surface area (Å²) >= 11 is 4.19. The molecule has 1 fully saturated rings. The van der Waals surface area contributed by atoms with Crippen LogP contribution in [-0.2, 0) is 18.6 Å². The van der Waals surface area contributed by atoms with Crippen molar-refractivity contribution < 1.29 is 27.5 Å². The molecular formula is C20H25FN3O7PS. The van der Waals surface area contributed by atoms with Crippen LogP contribution in [0.15, 0.2) is 52.2 Å². The molecule has 1 saturated heterocycles. The molecule has 33 heavy (non-hydrogen) atoms. The molecule has 2 aromatic rings. The van der Waals surface area contributed by atoms with E-state index in [0.29, 0.717) is 18.5 Å². The molecule has 0 spiro atoms. The maximum atomic E-state index is 15.7. The Labute approximate surface area is 194 Å². The first-order chi connectivity index (χ1) is 15.7. The Morgan fingerprint density at radius 2 is 2.12 bits per heavy atom. The van der Waals surface area contributed by atoms with Crippen molar-refractivity contribution in [3.05, 3.63) is 63.4 Å². The topological polar surface area (TPSA) is 129 Å². The number of benzene rings is 1. The van der Waals surface area contributed by atoms with Crippen molar-refractivity contribution in [1.82, 2.24) is 14.6 Å². The fourth-order valence-electron chi connectivity index (χ4n) is 3.44. The molecule has 3 rings (SSSR count). The number of carbonyl (C=O) groups excluding carboxylic acids is 1. The largest absolute Gasteiger partial charge is 0.459 e. The summed E-state index contributed by atoms with van der Waals surface area (Å²) in [4.78, 5) is 36.8.